The van der Waals surface area contributed by atoms with Crippen molar-refractivity contribution < 1.29 is 13.2 Å². The summed E-state index contributed by atoms with van der Waals surface area (Å²) in [5.41, 5.74) is -0.0934. The SMILES string of the molecule is CC(C)(CCS(C)(=O)=O)CNC(=O)N[C@@H]1CCCCC1(C)C. The van der Waals surface area contributed by atoms with Gasteiger partial charge in [-0.05, 0) is 30.1 Å². The van der Waals surface area contributed by atoms with E-state index in [0.29, 0.717) is 13.0 Å². The molecule has 1 fully saturated rings. The van der Waals surface area contributed by atoms with E-state index in [4.69, 9.17) is 0 Å². The zero-order valence-corrected chi connectivity index (χ0v) is 15.5. The molecule has 0 heterocycles. The maximum absolute atomic E-state index is 12.1. The summed E-state index contributed by atoms with van der Waals surface area (Å²) in [5, 5.41) is 5.99. The molecule has 0 aromatic carbocycles. The van der Waals surface area contributed by atoms with Gasteiger partial charge < -0.3 is 10.6 Å². The molecule has 0 aromatic rings. The van der Waals surface area contributed by atoms with Gasteiger partial charge in [0.25, 0.3) is 0 Å². The number of hydrogen-bond acceptors (Lipinski definition) is 3. The van der Waals surface area contributed by atoms with Crippen LogP contribution in [0.4, 0.5) is 4.79 Å². The van der Waals surface area contributed by atoms with Crippen molar-refractivity contribution in [3.05, 3.63) is 0 Å². The summed E-state index contributed by atoms with van der Waals surface area (Å²) in [5.74, 6) is 0.152. The van der Waals surface area contributed by atoms with Crippen LogP contribution in [0.2, 0.25) is 0 Å². The molecule has 0 spiro atoms. The summed E-state index contributed by atoms with van der Waals surface area (Å²) >= 11 is 0. The van der Waals surface area contributed by atoms with Gasteiger partial charge in [0.2, 0.25) is 0 Å². The molecule has 1 aliphatic carbocycles. The molecule has 2 amide bonds. The monoisotopic (exact) mass is 332 g/mol. The van der Waals surface area contributed by atoms with E-state index in [9.17, 15) is 13.2 Å². The fraction of sp³-hybridized carbons (Fsp3) is 0.938. The third kappa shape index (κ3) is 6.99. The number of nitrogens with one attached hydrogen (secondary N) is 2. The standard InChI is InChI=1S/C16H32N2O3S/c1-15(2,10-11-22(5,20)21)12-17-14(19)18-13-8-6-7-9-16(13,3)4/h13H,6-12H2,1-5H3,(H2,17,18,19)/t13-/m1/s1. The van der Waals surface area contributed by atoms with Crippen LogP contribution in [0, 0.1) is 10.8 Å². The Balaban J connectivity index is 2.41. The van der Waals surface area contributed by atoms with Gasteiger partial charge in [-0.1, -0.05) is 40.5 Å². The highest BCUT2D eigenvalue weighted by Crippen LogP contribution is 2.35. The molecule has 0 saturated heterocycles. The van der Waals surface area contributed by atoms with Gasteiger partial charge >= 0.3 is 6.03 Å². The smallest absolute Gasteiger partial charge is 0.315 e. The summed E-state index contributed by atoms with van der Waals surface area (Å²) in [6, 6.07) is 0.0628. The molecular weight excluding hydrogens is 300 g/mol. The van der Waals surface area contributed by atoms with Gasteiger partial charge in [-0.2, -0.15) is 0 Å². The number of hydrogen-bond donors (Lipinski definition) is 2. The van der Waals surface area contributed by atoms with Crippen molar-refractivity contribution in [1.29, 1.82) is 0 Å². The summed E-state index contributed by atoms with van der Waals surface area (Å²) in [6.45, 7) is 8.83. The first-order chi connectivity index (χ1) is 9.91. The van der Waals surface area contributed by atoms with E-state index >= 15 is 0 Å². The quantitative estimate of drug-likeness (QED) is 0.785. The van der Waals surface area contributed by atoms with Gasteiger partial charge in [-0.15, -0.1) is 0 Å². The number of amides is 2. The minimum Gasteiger partial charge on any atom is -0.338 e. The number of sulfone groups is 1. The Hall–Kier alpha value is -0.780. The zero-order valence-electron chi connectivity index (χ0n) is 14.7. The Bertz CT molecular complexity index is 484. The fourth-order valence-electron chi connectivity index (χ4n) is 2.84. The van der Waals surface area contributed by atoms with Crippen molar-refractivity contribution >= 4 is 15.9 Å². The average molecular weight is 333 g/mol. The van der Waals surface area contributed by atoms with Crippen LogP contribution in [0.5, 0.6) is 0 Å². The highest BCUT2D eigenvalue weighted by molar-refractivity contribution is 7.90. The molecular formula is C16H32N2O3S. The number of rotatable bonds is 6. The van der Waals surface area contributed by atoms with Crippen LogP contribution in [-0.2, 0) is 9.84 Å². The zero-order chi connectivity index (χ0) is 17.0. The number of carbonyl (C=O) groups is 1. The third-order valence-corrected chi connectivity index (χ3v) is 5.64. The fourth-order valence-corrected chi connectivity index (χ4v) is 3.76. The van der Waals surface area contributed by atoms with E-state index in [0.717, 1.165) is 19.3 Å². The Kier molecular flexibility index (Phi) is 6.30. The molecule has 0 aliphatic heterocycles. The summed E-state index contributed by atoms with van der Waals surface area (Å²) < 4.78 is 22.5. The van der Waals surface area contributed by atoms with E-state index in [2.05, 4.69) is 24.5 Å². The van der Waals surface area contributed by atoms with Crippen LogP contribution in [0.3, 0.4) is 0 Å². The lowest BCUT2D eigenvalue weighted by molar-refractivity contribution is 0.164. The lowest BCUT2D eigenvalue weighted by Crippen LogP contribution is -2.51. The predicted molar refractivity (Wildman–Crippen MR) is 90.7 cm³/mol. The van der Waals surface area contributed by atoms with Crippen LogP contribution < -0.4 is 10.6 Å². The van der Waals surface area contributed by atoms with Crippen LogP contribution >= 0.6 is 0 Å². The minimum atomic E-state index is -2.96. The van der Waals surface area contributed by atoms with Crippen LogP contribution in [-0.4, -0.2) is 39.0 Å². The second kappa shape index (κ2) is 7.20. The third-order valence-electron chi connectivity index (χ3n) is 4.69. The average Bonchev–Trinajstić information content (AvgIpc) is 2.36. The number of carbonyl (C=O) groups excluding carboxylic acids is 1. The van der Waals surface area contributed by atoms with Gasteiger partial charge in [-0.3, -0.25) is 0 Å². The molecule has 22 heavy (non-hydrogen) atoms. The highest BCUT2D eigenvalue weighted by Gasteiger charge is 2.33. The van der Waals surface area contributed by atoms with E-state index < -0.39 is 9.84 Å². The van der Waals surface area contributed by atoms with Crippen molar-refractivity contribution in [3.63, 3.8) is 0 Å². The minimum absolute atomic E-state index is 0.140. The molecule has 1 atom stereocenters. The van der Waals surface area contributed by atoms with Gasteiger partial charge in [0.1, 0.15) is 9.84 Å². The number of urea groups is 1. The Morgan fingerprint density at radius 1 is 1.27 bits per heavy atom. The van der Waals surface area contributed by atoms with Crippen molar-refractivity contribution in [1.82, 2.24) is 10.6 Å². The van der Waals surface area contributed by atoms with E-state index in [1.807, 2.05) is 13.8 Å². The molecule has 0 unspecified atom stereocenters. The largest absolute Gasteiger partial charge is 0.338 e. The van der Waals surface area contributed by atoms with Crippen molar-refractivity contribution in [2.45, 2.75) is 65.8 Å². The summed E-state index contributed by atoms with van der Waals surface area (Å²) in [4.78, 5) is 12.1. The van der Waals surface area contributed by atoms with Gasteiger partial charge in [0.05, 0.1) is 5.75 Å². The highest BCUT2D eigenvalue weighted by atomic mass is 32.2. The van der Waals surface area contributed by atoms with E-state index in [1.54, 1.807) is 0 Å². The summed E-state index contributed by atoms with van der Waals surface area (Å²) in [7, 11) is -2.96. The first kappa shape index (κ1) is 19.3. The maximum atomic E-state index is 12.1. The predicted octanol–water partition coefficient (Wildman–Crippen LogP) is 2.72. The molecule has 5 nitrogen and oxygen atoms in total. The molecule has 1 aliphatic rings. The van der Waals surface area contributed by atoms with Crippen LogP contribution in [0.15, 0.2) is 0 Å². The molecule has 0 radical (unpaired) electrons. The first-order valence-corrected chi connectivity index (χ1v) is 10.2. The molecule has 1 saturated carbocycles. The van der Waals surface area contributed by atoms with E-state index in [1.165, 1.54) is 12.7 Å². The van der Waals surface area contributed by atoms with Crippen molar-refractivity contribution in [2.24, 2.45) is 10.8 Å². The van der Waals surface area contributed by atoms with Crippen molar-refractivity contribution in [3.8, 4) is 0 Å². The van der Waals surface area contributed by atoms with Gasteiger partial charge in [0, 0.05) is 18.8 Å². The topological polar surface area (TPSA) is 75.3 Å². The van der Waals surface area contributed by atoms with E-state index in [-0.39, 0.29) is 28.7 Å². The molecule has 1 rings (SSSR count). The first-order valence-electron chi connectivity index (χ1n) is 8.13. The molecule has 2 N–H and O–H groups in total. The Labute approximate surface area is 135 Å². The molecule has 6 heteroatoms. The molecule has 0 aromatic heterocycles. The van der Waals surface area contributed by atoms with Crippen LogP contribution in [0.1, 0.15) is 59.8 Å². The normalized spacial score (nSPS) is 22.1. The lowest BCUT2D eigenvalue weighted by Gasteiger charge is -2.39. The molecule has 0 bridgehead atoms. The maximum Gasteiger partial charge on any atom is 0.315 e. The van der Waals surface area contributed by atoms with Crippen molar-refractivity contribution in [2.75, 3.05) is 18.6 Å². The van der Waals surface area contributed by atoms with Gasteiger partial charge in [0.15, 0.2) is 0 Å². The van der Waals surface area contributed by atoms with Gasteiger partial charge in [-0.25, -0.2) is 13.2 Å². The summed E-state index contributed by atoms with van der Waals surface area (Å²) in [6.07, 6.45) is 6.34. The second-order valence-electron chi connectivity index (χ2n) is 8.16. The molecule has 130 valence electrons. The lowest BCUT2D eigenvalue weighted by atomic mass is 9.73. The van der Waals surface area contributed by atoms with Crippen LogP contribution in [0.25, 0.3) is 0 Å². The second-order valence-corrected chi connectivity index (χ2v) is 10.4. The Morgan fingerprint density at radius 2 is 1.91 bits per heavy atom. The Morgan fingerprint density at radius 3 is 2.45 bits per heavy atom.